The van der Waals surface area contributed by atoms with Gasteiger partial charge in [0.1, 0.15) is 0 Å². The van der Waals surface area contributed by atoms with Gasteiger partial charge in [0.25, 0.3) is 0 Å². The molecule has 0 saturated carbocycles. The number of amides is 1. The molecule has 0 bridgehead atoms. The Balaban J connectivity index is 2.65. The first-order valence-corrected chi connectivity index (χ1v) is 7.11. The molecule has 6 heteroatoms. The van der Waals surface area contributed by atoms with Crippen LogP contribution in [0.15, 0.2) is 42.5 Å². The Bertz CT molecular complexity index is 726. The van der Waals surface area contributed by atoms with Gasteiger partial charge in [-0.15, -0.1) is 0 Å². The van der Waals surface area contributed by atoms with E-state index in [0.717, 1.165) is 6.07 Å². The molecule has 0 aliphatic carbocycles. The van der Waals surface area contributed by atoms with Crippen LogP contribution in [0.25, 0.3) is 11.1 Å². The van der Waals surface area contributed by atoms with Crippen molar-refractivity contribution in [1.82, 2.24) is 0 Å². The van der Waals surface area contributed by atoms with Crippen molar-refractivity contribution in [2.24, 2.45) is 11.5 Å². The predicted molar refractivity (Wildman–Crippen MR) is 82.6 cm³/mol. The summed E-state index contributed by atoms with van der Waals surface area (Å²) in [4.78, 5) is 11.5. The van der Waals surface area contributed by atoms with Crippen LogP contribution in [0.3, 0.4) is 0 Å². The summed E-state index contributed by atoms with van der Waals surface area (Å²) in [6, 6.07) is 9.49. The number of alkyl halides is 3. The van der Waals surface area contributed by atoms with E-state index in [1.807, 2.05) is 0 Å². The molecule has 0 radical (unpaired) electrons. The lowest BCUT2D eigenvalue weighted by Crippen LogP contribution is -2.17. The normalized spacial score (nSPS) is 12.9. The highest BCUT2D eigenvalue weighted by molar-refractivity contribution is 5.99. The van der Waals surface area contributed by atoms with E-state index in [1.165, 1.54) is 18.2 Å². The van der Waals surface area contributed by atoms with Crippen LogP contribution in [0.5, 0.6) is 0 Å². The molecule has 122 valence electrons. The molecule has 0 aliphatic rings. The van der Waals surface area contributed by atoms with E-state index in [9.17, 15) is 18.0 Å². The summed E-state index contributed by atoms with van der Waals surface area (Å²) in [5.74, 6) is -0.637. The van der Waals surface area contributed by atoms with Gasteiger partial charge in [-0.25, -0.2) is 0 Å². The van der Waals surface area contributed by atoms with Gasteiger partial charge < -0.3 is 11.5 Å². The number of primary amides is 1. The second-order valence-electron chi connectivity index (χ2n) is 5.22. The number of rotatable bonds is 4. The fourth-order valence-electron chi connectivity index (χ4n) is 2.46. The summed E-state index contributed by atoms with van der Waals surface area (Å²) < 4.78 is 39.5. The molecule has 2 rings (SSSR count). The average molecular weight is 322 g/mol. The Morgan fingerprint density at radius 3 is 2.39 bits per heavy atom. The Morgan fingerprint density at radius 2 is 1.83 bits per heavy atom. The first-order chi connectivity index (χ1) is 10.8. The number of hydrogen-bond acceptors (Lipinski definition) is 2. The Kier molecular flexibility index (Phi) is 4.75. The van der Waals surface area contributed by atoms with E-state index in [2.05, 4.69) is 0 Å². The van der Waals surface area contributed by atoms with Gasteiger partial charge in [0.05, 0.1) is 5.56 Å². The number of halogens is 3. The van der Waals surface area contributed by atoms with E-state index < -0.39 is 23.7 Å². The molecule has 0 heterocycles. The summed E-state index contributed by atoms with van der Waals surface area (Å²) >= 11 is 0. The Morgan fingerprint density at radius 1 is 1.17 bits per heavy atom. The quantitative estimate of drug-likeness (QED) is 0.897. The summed E-state index contributed by atoms with van der Waals surface area (Å²) in [5.41, 5.74) is 11.6. The van der Waals surface area contributed by atoms with Gasteiger partial charge in [-0.05, 0) is 41.3 Å². The maximum atomic E-state index is 13.2. The topological polar surface area (TPSA) is 69.1 Å². The van der Waals surface area contributed by atoms with Crippen molar-refractivity contribution in [2.75, 3.05) is 0 Å². The predicted octanol–water partition coefficient (Wildman–Crippen LogP) is 3.88. The minimum absolute atomic E-state index is 0.0109. The zero-order valence-corrected chi connectivity index (χ0v) is 12.5. The van der Waals surface area contributed by atoms with Crippen molar-refractivity contribution in [1.29, 1.82) is 0 Å². The first kappa shape index (κ1) is 17.0. The van der Waals surface area contributed by atoms with Gasteiger partial charge in [0.2, 0.25) is 5.91 Å². The van der Waals surface area contributed by atoms with Gasteiger partial charge in [-0.2, -0.15) is 13.2 Å². The third-order valence-corrected chi connectivity index (χ3v) is 3.70. The molecule has 2 aromatic rings. The molecule has 23 heavy (non-hydrogen) atoms. The van der Waals surface area contributed by atoms with Crippen molar-refractivity contribution in [3.05, 3.63) is 59.2 Å². The maximum Gasteiger partial charge on any atom is 0.416 e. The van der Waals surface area contributed by atoms with E-state index in [-0.39, 0.29) is 11.1 Å². The van der Waals surface area contributed by atoms with Crippen molar-refractivity contribution >= 4 is 5.91 Å². The highest BCUT2D eigenvalue weighted by Gasteiger charge is 2.34. The van der Waals surface area contributed by atoms with Gasteiger partial charge in [0, 0.05) is 11.6 Å². The number of carbonyl (C=O) groups is 1. The maximum absolute atomic E-state index is 13.2. The third-order valence-electron chi connectivity index (χ3n) is 3.70. The van der Waals surface area contributed by atoms with Crippen LogP contribution in [-0.2, 0) is 6.18 Å². The number of nitrogens with two attached hydrogens (primary N) is 2. The summed E-state index contributed by atoms with van der Waals surface area (Å²) in [7, 11) is 0. The zero-order chi connectivity index (χ0) is 17.2. The number of hydrogen-bond donors (Lipinski definition) is 2. The molecule has 1 unspecified atom stereocenters. The molecular formula is C17H17F3N2O. The highest BCUT2D eigenvalue weighted by Crippen LogP contribution is 2.37. The summed E-state index contributed by atoms with van der Waals surface area (Å²) in [5, 5.41) is 0. The largest absolute Gasteiger partial charge is 0.416 e. The van der Waals surface area contributed by atoms with Crippen molar-refractivity contribution in [2.45, 2.75) is 25.6 Å². The second kappa shape index (κ2) is 6.42. The fraction of sp³-hybridized carbons (Fsp3) is 0.235. The second-order valence-corrected chi connectivity index (χ2v) is 5.22. The Labute approximate surface area is 132 Å². The lowest BCUT2D eigenvalue weighted by Gasteiger charge is -2.19. The molecule has 1 amide bonds. The molecule has 2 aromatic carbocycles. The minimum atomic E-state index is -4.48. The number of carbonyl (C=O) groups excluding carboxylic acids is 1. The van der Waals surface area contributed by atoms with Gasteiger partial charge >= 0.3 is 6.18 Å². The van der Waals surface area contributed by atoms with Crippen LogP contribution >= 0.6 is 0 Å². The standard InChI is InChI=1S/C17H17F3N2O/c1-2-15(21)13-9-10(7-8-14(13)17(18,19)20)11-5-3-4-6-12(11)16(22)23/h3-9,15H,2,21H2,1H3,(H2,22,23). The van der Waals surface area contributed by atoms with E-state index in [0.29, 0.717) is 17.5 Å². The van der Waals surface area contributed by atoms with E-state index >= 15 is 0 Å². The van der Waals surface area contributed by atoms with Gasteiger partial charge in [-0.1, -0.05) is 31.2 Å². The van der Waals surface area contributed by atoms with Crippen LogP contribution in [-0.4, -0.2) is 5.91 Å². The van der Waals surface area contributed by atoms with Crippen LogP contribution in [0.4, 0.5) is 13.2 Å². The first-order valence-electron chi connectivity index (χ1n) is 7.11. The molecular weight excluding hydrogens is 305 g/mol. The molecule has 0 spiro atoms. The van der Waals surface area contributed by atoms with Crippen LogP contribution in [0.2, 0.25) is 0 Å². The molecule has 0 fully saturated rings. The van der Waals surface area contributed by atoms with Crippen LogP contribution < -0.4 is 11.5 Å². The molecule has 0 aliphatic heterocycles. The lowest BCUT2D eigenvalue weighted by molar-refractivity contribution is -0.138. The van der Waals surface area contributed by atoms with Gasteiger partial charge in [-0.3, -0.25) is 4.79 Å². The Hall–Kier alpha value is -2.34. The van der Waals surface area contributed by atoms with E-state index in [1.54, 1.807) is 25.1 Å². The third kappa shape index (κ3) is 3.53. The highest BCUT2D eigenvalue weighted by atomic mass is 19.4. The van der Waals surface area contributed by atoms with E-state index in [4.69, 9.17) is 11.5 Å². The zero-order valence-electron chi connectivity index (χ0n) is 12.5. The smallest absolute Gasteiger partial charge is 0.366 e. The summed E-state index contributed by atoms with van der Waals surface area (Å²) in [6.45, 7) is 1.72. The van der Waals surface area contributed by atoms with Crippen LogP contribution in [0.1, 0.15) is 40.9 Å². The SMILES string of the molecule is CCC(N)c1cc(-c2ccccc2C(N)=O)ccc1C(F)(F)F. The van der Waals surface area contributed by atoms with Crippen molar-refractivity contribution < 1.29 is 18.0 Å². The fourth-order valence-corrected chi connectivity index (χ4v) is 2.46. The molecule has 0 saturated heterocycles. The molecule has 0 aromatic heterocycles. The van der Waals surface area contributed by atoms with Crippen molar-refractivity contribution in [3.63, 3.8) is 0 Å². The molecule has 4 N–H and O–H groups in total. The lowest BCUT2D eigenvalue weighted by atomic mass is 9.92. The number of benzene rings is 2. The molecule has 3 nitrogen and oxygen atoms in total. The van der Waals surface area contributed by atoms with Crippen LogP contribution in [0, 0.1) is 0 Å². The summed E-state index contributed by atoms with van der Waals surface area (Å²) in [6.07, 6.45) is -4.12. The van der Waals surface area contributed by atoms with Crippen molar-refractivity contribution in [3.8, 4) is 11.1 Å². The van der Waals surface area contributed by atoms with Gasteiger partial charge in [0.15, 0.2) is 0 Å². The monoisotopic (exact) mass is 322 g/mol. The molecule has 1 atom stereocenters. The average Bonchev–Trinajstić information content (AvgIpc) is 2.52. The minimum Gasteiger partial charge on any atom is -0.366 e.